The van der Waals surface area contributed by atoms with Gasteiger partial charge in [0.25, 0.3) is 5.91 Å². The summed E-state index contributed by atoms with van der Waals surface area (Å²) in [5, 5.41) is 7.91. The molecule has 4 heterocycles. The highest BCUT2D eigenvalue weighted by Crippen LogP contribution is 2.38. The van der Waals surface area contributed by atoms with Gasteiger partial charge in [-0.25, -0.2) is 14.8 Å². The van der Waals surface area contributed by atoms with Crippen molar-refractivity contribution in [2.24, 2.45) is 11.3 Å². The lowest BCUT2D eigenvalue weighted by molar-refractivity contribution is 0.0160. The van der Waals surface area contributed by atoms with Crippen molar-refractivity contribution in [2.45, 2.75) is 53.0 Å². The molecule has 2 aromatic rings. The van der Waals surface area contributed by atoms with Crippen molar-refractivity contribution in [1.82, 2.24) is 25.1 Å². The number of esters is 1. The van der Waals surface area contributed by atoms with Gasteiger partial charge >= 0.3 is 5.97 Å². The van der Waals surface area contributed by atoms with Gasteiger partial charge in [-0.15, -0.1) is 0 Å². The number of aryl methyl sites for hydroxylation is 2. The third-order valence-corrected chi connectivity index (χ3v) is 6.43. The van der Waals surface area contributed by atoms with Gasteiger partial charge in [0, 0.05) is 44.3 Å². The van der Waals surface area contributed by atoms with Crippen molar-refractivity contribution in [3.05, 3.63) is 40.7 Å². The van der Waals surface area contributed by atoms with Crippen LogP contribution in [0.4, 0.5) is 0 Å². The Morgan fingerprint density at radius 1 is 1.31 bits per heavy atom. The van der Waals surface area contributed by atoms with Gasteiger partial charge in [0.2, 0.25) is 0 Å². The lowest BCUT2D eigenvalue weighted by Gasteiger charge is -2.36. The average Bonchev–Trinajstić information content (AvgIpc) is 3.06. The van der Waals surface area contributed by atoms with Gasteiger partial charge in [-0.2, -0.15) is 5.10 Å². The molecule has 2 aromatic heterocycles. The van der Waals surface area contributed by atoms with E-state index >= 15 is 0 Å². The first-order valence-electron chi connectivity index (χ1n) is 11.3. The Labute approximate surface area is 187 Å². The maximum Gasteiger partial charge on any atom is 0.341 e. The van der Waals surface area contributed by atoms with Crippen molar-refractivity contribution in [1.29, 1.82) is 0 Å². The van der Waals surface area contributed by atoms with Crippen molar-refractivity contribution < 1.29 is 19.1 Å². The van der Waals surface area contributed by atoms with Crippen molar-refractivity contribution >= 4 is 11.9 Å². The first-order valence-corrected chi connectivity index (χ1v) is 11.3. The van der Waals surface area contributed by atoms with Crippen LogP contribution in [0.15, 0.2) is 12.4 Å². The highest BCUT2D eigenvalue weighted by atomic mass is 16.5. The molecule has 1 amide bonds. The Morgan fingerprint density at radius 2 is 2.03 bits per heavy atom. The fraction of sp³-hybridized carbons (Fsp3) is 0.609. The lowest BCUT2D eigenvalue weighted by Crippen LogP contribution is -2.40. The Kier molecular flexibility index (Phi) is 6.55. The number of fused-ring (bicyclic) bond motifs is 1. The maximum atomic E-state index is 12.9. The summed E-state index contributed by atoms with van der Waals surface area (Å²) < 4.78 is 12.9. The summed E-state index contributed by atoms with van der Waals surface area (Å²) in [6.45, 7) is 8.77. The number of carbonyl (C=O) groups excluding carboxylic acids is 2. The Balaban J connectivity index is 1.49. The van der Waals surface area contributed by atoms with E-state index in [1.54, 1.807) is 11.6 Å². The van der Waals surface area contributed by atoms with E-state index in [2.05, 4.69) is 15.3 Å². The van der Waals surface area contributed by atoms with E-state index in [9.17, 15) is 9.59 Å². The number of hydrogen-bond donors (Lipinski definition) is 1. The molecule has 0 aliphatic carbocycles. The number of hydrogen-bond acceptors (Lipinski definition) is 7. The first-order chi connectivity index (χ1) is 15.4. The highest BCUT2D eigenvalue weighted by molar-refractivity contribution is 5.94. The van der Waals surface area contributed by atoms with Crippen LogP contribution in [0, 0.1) is 18.3 Å². The molecule has 9 heteroatoms. The third-order valence-electron chi connectivity index (χ3n) is 6.43. The number of nitrogens with one attached hydrogen (secondary N) is 1. The maximum absolute atomic E-state index is 12.9. The van der Waals surface area contributed by atoms with E-state index in [0.29, 0.717) is 36.6 Å². The summed E-state index contributed by atoms with van der Waals surface area (Å²) >= 11 is 0. The zero-order valence-corrected chi connectivity index (χ0v) is 19.0. The molecule has 2 aliphatic heterocycles. The summed E-state index contributed by atoms with van der Waals surface area (Å²) in [5.74, 6) is 0.165. The Bertz CT molecular complexity index is 979. The van der Waals surface area contributed by atoms with Gasteiger partial charge in [0.05, 0.1) is 17.9 Å². The first kappa shape index (κ1) is 22.4. The molecule has 1 fully saturated rings. The van der Waals surface area contributed by atoms with Gasteiger partial charge in [-0.05, 0) is 50.9 Å². The van der Waals surface area contributed by atoms with Crippen LogP contribution in [0.1, 0.15) is 64.6 Å². The summed E-state index contributed by atoms with van der Waals surface area (Å²) in [4.78, 5) is 33.3. The van der Waals surface area contributed by atoms with Gasteiger partial charge < -0.3 is 14.8 Å². The van der Waals surface area contributed by atoms with Crippen LogP contribution in [0.5, 0.6) is 0 Å². The monoisotopic (exact) mass is 441 g/mol. The molecule has 0 aromatic carbocycles. The average molecular weight is 442 g/mol. The van der Waals surface area contributed by atoms with Gasteiger partial charge in [0.15, 0.2) is 0 Å². The van der Waals surface area contributed by atoms with Gasteiger partial charge in [0.1, 0.15) is 11.5 Å². The minimum Gasteiger partial charge on any atom is -0.462 e. The summed E-state index contributed by atoms with van der Waals surface area (Å²) in [6, 6.07) is 0. The second-order valence-corrected chi connectivity index (χ2v) is 8.99. The molecular weight excluding hydrogens is 410 g/mol. The summed E-state index contributed by atoms with van der Waals surface area (Å²) in [6.07, 6.45) is 6.25. The predicted molar refractivity (Wildman–Crippen MR) is 116 cm³/mol. The minimum atomic E-state index is -0.435. The number of ether oxygens (including phenoxy) is 2. The number of carbonyl (C=O) groups is 2. The van der Waals surface area contributed by atoms with Crippen molar-refractivity contribution in [2.75, 3.05) is 26.4 Å². The van der Waals surface area contributed by atoms with E-state index in [0.717, 1.165) is 43.7 Å². The lowest BCUT2D eigenvalue weighted by atomic mass is 9.75. The van der Waals surface area contributed by atoms with Crippen LogP contribution in [-0.2, 0) is 28.9 Å². The largest absolute Gasteiger partial charge is 0.462 e. The molecule has 1 N–H and O–H groups in total. The van der Waals surface area contributed by atoms with E-state index in [-0.39, 0.29) is 23.8 Å². The molecule has 1 saturated heterocycles. The molecule has 1 spiro atoms. The normalized spacial score (nSPS) is 18.5. The van der Waals surface area contributed by atoms with Crippen LogP contribution < -0.4 is 5.32 Å². The number of nitrogens with zero attached hydrogens (tertiary/aromatic N) is 4. The molecule has 0 radical (unpaired) electrons. The second kappa shape index (κ2) is 9.36. The zero-order valence-electron chi connectivity index (χ0n) is 19.0. The second-order valence-electron chi connectivity index (χ2n) is 8.99. The molecular formula is C23H31N5O4. The zero-order chi connectivity index (χ0) is 22.7. The molecule has 0 saturated carbocycles. The fourth-order valence-electron chi connectivity index (χ4n) is 4.52. The van der Waals surface area contributed by atoms with Gasteiger partial charge in [-0.3, -0.25) is 9.48 Å². The van der Waals surface area contributed by atoms with Crippen LogP contribution in [0.2, 0.25) is 0 Å². The molecule has 32 heavy (non-hydrogen) atoms. The third kappa shape index (κ3) is 4.67. The standard InChI is InChI=1S/C23H31N5O4/c1-4-28-20-18(10-23(14-26-21(20)29)5-7-31-8-6-23)19(27-28)9-15(2)13-32-22(30)17-11-24-16(3)25-12-17/h11-12,15H,4-10,13-14H2,1-3H3,(H,26,29)/t15-/m1/s1. The molecule has 0 bridgehead atoms. The Hall–Kier alpha value is -2.81. The van der Waals surface area contributed by atoms with Crippen LogP contribution in [0.3, 0.4) is 0 Å². The topological polar surface area (TPSA) is 108 Å². The molecule has 172 valence electrons. The summed E-state index contributed by atoms with van der Waals surface area (Å²) in [7, 11) is 0. The predicted octanol–water partition coefficient (Wildman–Crippen LogP) is 2.12. The van der Waals surface area contributed by atoms with Crippen molar-refractivity contribution in [3.63, 3.8) is 0 Å². The molecule has 0 unspecified atom stereocenters. The SMILES string of the molecule is CCn1nc(C[C@@H](C)COC(=O)c2cnc(C)nc2)c2c1C(=O)NCC1(CCOCC1)C2. The number of rotatable bonds is 6. The summed E-state index contributed by atoms with van der Waals surface area (Å²) in [5.41, 5.74) is 2.98. The van der Waals surface area contributed by atoms with E-state index < -0.39 is 5.97 Å². The molecule has 9 nitrogen and oxygen atoms in total. The van der Waals surface area contributed by atoms with Crippen LogP contribution in [-0.4, -0.2) is 58.0 Å². The molecule has 2 aliphatic rings. The smallest absolute Gasteiger partial charge is 0.341 e. The minimum absolute atomic E-state index is 0.0106. The van der Waals surface area contributed by atoms with E-state index in [1.165, 1.54) is 12.4 Å². The quantitative estimate of drug-likeness (QED) is 0.684. The molecule has 4 rings (SSSR count). The van der Waals surface area contributed by atoms with Gasteiger partial charge in [-0.1, -0.05) is 6.92 Å². The fourth-order valence-corrected chi connectivity index (χ4v) is 4.52. The number of amides is 1. The van der Waals surface area contributed by atoms with E-state index in [4.69, 9.17) is 14.6 Å². The highest BCUT2D eigenvalue weighted by Gasteiger charge is 2.39. The van der Waals surface area contributed by atoms with Crippen LogP contribution in [0.25, 0.3) is 0 Å². The Morgan fingerprint density at radius 3 is 2.72 bits per heavy atom. The van der Waals surface area contributed by atoms with Crippen LogP contribution >= 0.6 is 0 Å². The molecule has 1 atom stereocenters. The van der Waals surface area contributed by atoms with E-state index in [1.807, 2.05) is 13.8 Å². The van der Waals surface area contributed by atoms with Crippen molar-refractivity contribution in [3.8, 4) is 0 Å². The number of aromatic nitrogens is 4.